The molecule has 1 rings (SSSR count). The first kappa shape index (κ1) is 14.0. The minimum absolute atomic E-state index is 0.754. The molecule has 0 saturated carbocycles. The lowest BCUT2D eigenvalue weighted by Gasteiger charge is -2.27. The van der Waals surface area contributed by atoms with E-state index < -0.39 is 0 Å². The fourth-order valence-electron chi connectivity index (χ4n) is 2.62. The Hall–Kier alpha value is -0.0800. The minimum Gasteiger partial charge on any atom is -0.314 e. The molecule has 1 saturated heterocycles. The summed E-state index contributed by atoms with van der Waals surface area (Å²) in [6.45, 7) is 7.13. The summed E-state index contributed by atoms with van der Waals surface area (Å²) in [5.74, 6) is 0. The van der Waals surface area contributed by atoms with Crippen LogP contribution >= 0.6 is 0 Å². The molecule has 0 radical (unpaired) electrons. The van der Waals surface area contributed by atoms with Gasteiger partial charge in [0.05, 0.1) is 0 Å². The van der Waals surface area contributed by atoms with E-state index in [2.05, 4.69) is 31.1 Å². The van der Waals surface area contributed by atoms with Crippen molar-refractivity contribution >= 4 is 0 Å². The summed E-state index contributed by atoms with van der Waals surface area (Å²) in [5.41, 5.74) is 0. The van der Waals surface area contributed by atoms with Crippen molar-refractivity contribution in [2.45, 2.75) is 70.9 Å². The summed E-state index contributed by atoms with van der Waals surface area (Å²) in [5, 5.41) is 3.63. The molecule has 1 heterocycles. The van der Waals surface area contributed by atoms with Crippen LogP contribution in [-0.4, -0.2) is 37.1 Å². The van der Waals surface area contributed by atoms with Crippen LogP contribution in [-0.2, 0) is 0 Å². The van der Waals surface area contributed by atoms with E-state index in [-0.39, 0.29) is 0 Å². The van der Waals surface area contributed by atoms with Gasteiger partial charge in [-0.25, -0.2) is 0 Å². The van der Waals surface area contributed by atoms with Crippen molar-refractivity contribution in [3.8, 4) is 0 Å². The van der Waals surface area contributed by atoms with Crippen LogP contribution in [0.2, 0.25) is 0 Å². The van der Waals surface area contributed by atoms with E-state index in [0.29, 0.717) is 0 Å². The summed E-state index contributed by atoms with van der Waals surface area (Å²) in [4.78, 5) is 2.52. The summed E-state index contributed by atoms with van der Waals surface area (Å²) in [6.07, 6.45) is 9.55. The second-order valence-electron chi connectivity index (χ2n) is 5.41. The van der Waals surface area contributed by atoms with Crippen molar-refractivity contribution in [2.24, 2.45) is 0 Å². The lowest BCUT2D eigenvalue weighted by atomic mass is 10.0. The van der Waals surface area contributed by atoms with Crippen molar-refractivity contribution in [1.82, 2.24) is 10.2 Å². The van der Waals surface area contributed by atoms with Crippen LogP contribution in [0, 0.1) is 0 Å². The SMILES string of the molecule is CCCC(C)N(C)CCCC1CCCCN1. The van der Waals surface area contributed by atoms with Gasteiger partial charge in [-0.3, -0.25) is 0 Å². The van der Waals surface area contributed by atoms with Gasteiger partial charge in [0.1, 0.15) is 0 Å². The Morgan fingerprint density at radius 2 is 2.19 bits per heavy atom. The van der Waals surface area contributed by atoms with Crippen LogP contribution in [0.25, 0.3) is 0 Å². The van der Waals surface area contributed by atoms with Crippen LogP contribution in [0.4, 0.5) is 0 Å². The quantitative estimate of drug-likeness (QED) is 0.718. The summed E-state index contributed by atoms with van der Waals surface area (Å²) in [7, 11) is 2.27. The Morgan fingerprint density at radius 3 is 2.81 bits per heavy atom. The first-order valence-corrected chi connectivity index (χ1v) is 7.17. The normalized spacial score (nSPS) is 23.6. The Morgan fingerprint density at radius 1 is 1.38 bits per heavy atom. The highest BCUT2D eigenvalue weighted by Gasteiger charge is 2.13. The third-order valence-corrected chi connectivity index (χ3v) is 3.93. The van der Waals surface area contributed by atoms with E-state index in [1.807, 2.05) is 0 Å². The largest absolute Gasteiger partial charge is 0.314 e. The van der Waals surface area contributed by atoms with E-state index in [4.69, 9.17) is 0 Å². The van der Waals surface area contributed by atoms with Crippen LogP contribution in [0.1, 0.15) is 58.8 Å². The summed E-state index contributed by atoms with van der Waals surface area (Å²) >= 11 is 0. The fraction of sp³-hybridized carbons (Fsp3) is 1.00. The van der Waals surface area contributed by atoms with E-state index in [1.54, 1.807) is 0 Å². The summed E-state index contributed by atoms with van der Waals surface area (Å²) < 4.78 is 0. The van der Waals surface area contributed by atoms with Gasteiger partial charge in [0, 0.05) is 12.1 Å². The molecule has 2 nitrogen and oxygen atoms in total. The molecule has 1 fully saturated rings. The average molecular weight is 226 g/mol. The standard InChI is InChI=1S/C14H30N2/c1-4-8-13(2)16(3)12-7-10-14-9-5-6-11-15-14/h13-15H,4-12H2,1-3H3. The molecule has 0 aromatic rings. The highest BCUT2D eigenvalue weighted by atomic mass is 15.1. The lowest BCUT2D eigenvalue weighted by Crippen LogP contribution is -2.35. The minimum atomic E-state index is 0.754. The highest BCUT2D eigenvalue weighted by molar-refractivity contribution is 4.73. The van der Waals surface area contributed by atoms with E-state index >= 15 is 0 Å². The average Bonchev–Trinajstić information content (AvgIpc) is 2.30. The maximum Gasteiger partial charge on any atom is 0.00675 e. The Labute approximate surface area is 102 Å². The predicted octanol–water partition coefficient (Wildman–Crippen LogP) is 3.03. The van der Waals surface area contributed by atoms with Gasteiger partial charge in [-0.05, 0) is 59.2 Å². The van der Waals surface area contributed by atoms with Gasteiger partial charge in [-0.1, -0.05) is 19.8 Å². The zero-order valence-electron chi connectivity index (χ0n) is 11.5. The third-order valence-electron chi connectivity index (χ3n) is 3.93. The number of piperidine rings is 1. The summed E-state index contributed by atoms with van der Waals surface area (Å²) in [6, 6.07) is 1.56. The van der Waals surface area contributed by atoms with Crippen LogP contribution in [0.3, 0.4) is 0 Å². The van der Waals surface area contributed by atoms with Gasteiger partial charge in [0.2, 0.25) is 0 Å². The van der Waals surface area contributed by atoms with Crippen LogP contribution < -0.4 is 5.32 Å². The molecular weight excluding hydrogens is 196 g/mol. The molecular formula is C14H30N2. The zero-order chi connectivity index (χ0) is 11.8. The molecule has 1 N–H and O–H groups in total. The molecule has 0 spiro atoms. The number of rotatable bonds is 7. The second-order valence-corrected chi connectivity index (χ2v) is 5.41. The molecule has 96 valence electrons. The van der Waals surface area contributed by atoms with Crippen molar-refractivity contribution < 1.29 is 0 Å². The Kier molecular flexibility index (Phi) is 7.06. The smallest absolute Gasteiger partial charge is 0.00675 e. The monoisotopic (exact) mass is 226 g/mol. The number of hydrogen-bond donors (Lipinski definition) is 1. The van der Waals surface area contributed by atoms with Gasteiger partial charge in [-0.2, -0.15) is 0 Å². The fourth-order valence-corrected chi connectivity index (χ4v) is 2.62. The molecule has 0 aromatic heterocycles. The Balaban J connectivity index is 2.04. The van der Waals surface area contributed by atoms with Crippen molar-refractivity contribution in [3.63, 3.8) is 0 Å². The van der Waals surface area contributed by atoms with Crippen LogP contribution in [0.5, 0.6) is 0 Å². The maximum absolute atomic E-state index is 3.63. The van der Waals surface area contributed by atoms with Crippen LogP contribution in [0.15, 0.2) is 0 Å². The zero-order valence-corrected chi connectivity index (χ0v) is 11.5. The van der Waals surface area contributed by atoms with Gasteiger partial charge in [0.15, 0.2) is 0 Å². The Bertz CT molecular complexity index is 164. The molecule has 1 aliphatic rings. The van der Waals surface area contributed by atoms with Crippen molar-refractivity contribution in [3.05, 3.63) is 0 Å². The first-order chi connectivity index (χ1) is 7.74. The van der Waals surface area contributed by atoms with E-state index in [0.717, 1.165) is 12.1 Å². The highest BCUT2D eigenvalue weighted by Crippen LogP contribution is 2.13. The van der Waals surface area contributed by atoms with Gasteiger partial charge in [0.25, 0.3) is 0 Å². The van der Waals surface area contributed by atoms with Gasteiger partial charge < -0.3 is 10.2 Å². The van der Waals surface area contributed by atoms with E-state index in [9.17, 15) is 0 Å². The molecule has 0 aromatic carbocycles. The van der Waals surface area contributed by atoms with Crippen molar-refractivity contribution in [2.75, 3.05) is 20.1 Å². The molecule has 0 amide bonds. The number of nitrogens with one attached hydrogen (secondary N) is 1. The maximum atomic E-state index is 3.63. The molecule has 0 bridgehead atoms. The number of hydrogen-bond acceptors (Lipinski definition) is 2. The van der Waals surface area contributed by atoms with E-state index in [1.165, 1.54) is 58.0 Å². The molecule has 16 heavy (non-hydrogen) atoms. The van der Waals surface area contributed by atoms with Crippen molar-refractivity contribution in [1.29, 1.82) is 0 Å². The third kappa shape index (κ3) is 5.31. The molecule has 0 aliphatic carbocycles. The molecule has 2 atom stereocenters. The lowest BCUT2D eigenvalue weighted by molar-refractivity contribution is 0.233. The molecule has 2 unspecified atom stereocenters. The van der Waals surface area contributed by atoms with Gasteiger partial charge >= 0.3 is 0 Å². The topological polar surface area (TPSA) is 15.3 Å². The number of nitrogens with zero attached hydrogens (tertiary/aromatic N) is 1. The predicted molar refractivity (Wildman–Crippen MR) is 71.9 cm³/mol. The molecule has 2 heteroatoms. The van der Waals surface area contributed by atoms with Gasteiger partial charge in [-0.15, -0.1) is 0 Å². The second kappa shape index (κ2) is 8.08. The first-order valence-electron chi connectivity index (χ1n) is 7.17. The molecule has 1 aliphatic heterocycles.